The van der Waals surface area contributed by atoms with Crippen LogP contribution >= 0.6 is 0 Å². The highest BCUT2D eigenvalue weighted by molar-refractivity contribution is 7.90. The first-order valence-electron chi connectivity index (χ1n) is 5.15. The second-order valence-electron chi connectivity index (χ2n) is 4.26. The van der Waals surface area contributed by atoms with Crippen LogP contribution in [-0.4, -0.2) is 25.6 Å². The largest absolute Gasteiger partial charge is 0.327 e. The summed E-state index contributed by atoms with van der Waals surface area (Å²) in [7, 11) is -3.51. The van der Waals surface area contributed by atoms with E-state index in [4.69, 9.17) is 5.73 Å². The first-order chi connectivity index (χ1) is 6.84. The van der Waals surface area contributed by atoms with Gasteiger partial charge in [-0.05, 0) is 26.7 Å². The molecule has 2 atom stereocenters. The number of nitrogens with one attached hydrogen (secondary N) is 1. The van der Waals surface area contributed by atoms with E-state index in [0.29, 0.717) is 6.42 Å². The lowest BCUT2D eigenvalue weighted by molar-refractivity contribution is -0.123. The van der Waals surface area contributed by atoms with Crippen LogP contribution < -0.4 is 10.5 Å². The molecule has 0 aromatic carbocycles. The van der Waals surface area contributed by atoms with Gasteiger partial charge in [0.25, 0.3) is 0 Å². The molecule has 15 heavy (non-hydrogen) atoms. The van der Waals surface area contributed by atoms with Gasteiger partial charge < -0.3 is 5.73 Å². The molecular formula is C9H18N2O3S. The van der Waals surface area contributed by atoms with Gasteiger partial charge in [0.2, 0.25) is 15.9 Å². The second-order valence-corrected chi connectivity index (χ2v) is 6.50. The fourth-order valence-electron chi connectivity index (χ4n) is 1.65. The highest BCUT2D eigenvalue weighted by Crippen LogP contribution is 2.24. The Kier molecular flexibility index (Phi) is 3.72. The van der Waals surface area contributed by atoms with Crippen molar-refractivity contribution in [2.75, 3.05) is 0 Å². The van der Waals surface area contributed by atoms with Gasteiger partial charge in [0.15, 0.2) is 0 Å². The molecule has 0 aliphatic heterocycles. The summed E-state index contributed by atoms with van der Waals surface area (Å²) >= 11 is 0. The molecule has 0 spiro atoms. The molecule has 1 aliphatic rings. The number of carbonyl (C=O) groups is 1. The lowest BCUT2D eigenvalue weighted by Gasteiger charge is -2.16. The summed E-state index contributed by atoms with van der Waals surface area (Å²) < 4.78 is 24.9. The Labute approximate surface area is 90.5 Å². The van der Waals surface area contributed by atoms with Crippen molar-refractivity contribution in [3.05, 3.63) is 0 Å². The summed E-state index contributed by atoms with van der Waals surface area (Å²) in [6.07, 6.45) is 2.36. The molecule has 6 heteroatoms. The maximum atomic E-state index is 11.6. The lowest BCUT2D eigenvalue weighted by Crippen LogP contribution is -2.43. The number of hydrogen-bond donors (Lipinski definition) is 2. The number of sulfonamides is 1. The minimum absolute atomic E-state index is 0.202. The second kappa shape index (κ2) is 4.49. The summed E-state index contributed by atoms with van der Waals surface area (Å²) in [5, 5.41) is -0.598. The van der Waals surface area contributed by atoms with E-state index in [1.54, 1.807) is 0 Å². The Hall–Kier alpha value is -0.620. The van der Waals surface area contributed by atoms with Gasteiger partial charge in [0.1, 0.15) is 0 Å². The molecule has 0 heterocycles. The fraction of sp³-hybridized carbons (Fsp3) is 0.889. The lowest BCUT2D eigenvalue weighted by atomic mass is 10.0. The minimum atomic E-state index is -3.51. The topological polar surface area (TPSA) is 89.3 Å². The molecule has 3 N–H and O–H groups in total. The van der Waals surface area contributed by atoms with Gasteiger partial charge in [-0.1, -0.05) is 6.42 Å². The van der Waals surface area contributed by atoms with Crippen molar-refractivity contribution >= 4 is 15.9 Å². The van der Waals surface area contributed by atoms with E-state index in [-0.39, 0.29) is 12.0 Å². The summed E-state index contributed by atoms with van der Waals surface area (Å²) in [4.78, 5) is 11.6. The number of amides is 1. The van der Waals surface area contributed by atoms with Crippen molar-refractivity contribution in [3.63, 3.8) is 0 Å². The Balaban J connectivity index is 2.64. The third-order valence-corrected chi connectivity index (χ3v) is 4.50. The molecule has 0 radical (unpaired) electrons. The SMILES string of the molecule is CC(C)S(=O)(=O)NC(=O)C1CCCC1N. The predicted octanol–water partition coefficient (Wildman–Crippen LogP) is -0.0318. The molecule has 1 aliphatic carbocycles. The maximum absolute atomic E-state index is 11.6. The van der Waals surface area contributed by atoms with E-state index in [9.17, 15) is 13.2 Å². The molecule has 88 valence electrons. The zero-order valence-corrected chi connectivity index (χ0v) is 9.88. The Bertz CT molecular complexity index is 337. The molecule has 5 nitrogen and oxygen atoms in total. The van der Waals surface area contributed by atoms with Crippen molar-refractivity contribution in [1.29, 1.82) is 0 Å². The molecular weight excluding hydrogens is 216 g/mol. The zero-order valence-electron chi connectivity index (χ0n) is 9.06. The van der Waals surface area contributed by atoms with Gasteiger partial charge >= 0.3 is 0 Å². The number of carbonyl (C=O) groups excluding carboxylic acids is 1. The highest BCUT2D eigenvalue weighted by Gasteiger charge is 2.32. The van der Waals surface area contributed by atoms with Crippen LogP contribution in [0, 0.1) is 5.92 Å². The number of nitrogens with two attached hydrogens (primary N) is 1. The van der Waals surface area contributed by atoms with Crippen molar-refractivity contribution in [2.45, 2.75) is 44.4 Å². The van der Waals surface area contributed by atoms with E-state index < -0.39 is 21.2 Å². The predicted molar refractivity (Wildman–Crippen MR) is 57.5 cm³/mol. The van der Waals surface area contributed by atoms with Gasteiger partial charge in [-0.3, -0.25) is 9.52 Å². The first-order valence-corrected chi connectivity index (χ1v) is 6.70. The zero-order chi connectivity index (χ0) is 11.6. The first kappa shape index (κ1) is 12.4. The molecule has 2 unspecified atom stereocenters. The Morgan fingerprint density at radius 2 is 2.00 bits per heavy atom. The van der Waals surface area contributed by atoms with Gasteiger partial charge in [0.05, 0.1) is 11.2 Å². The summed E-state index contributed by atoms with van der Waals surface area (Å²) in [6.45, 7) is 3.06. The Morgan fingerprint density at radius 3 is 2.40 bits per heavy atom. The molecule has 0 aromatic rings. The average molecular weight is 234 g/mol. The van der Waals surface area contributed by atoms with Gasteiger partial charge in [0, 0.05) is 6.04 Å². The summed E-state index contributed by atoms with van der Waals surface area (Å²) in [6, 6.07) is -0.202. The van der Waals surface area contributed by atoms with Crippen molar-refractivity contribution in [3.8, 4) is 0 Å². The monoisotopic (exact) mass is 234 g/mol. The minimum Gasteiger partial charge on any atom is -0.327 e. The fourth-order valence-corrected chi connectivity index (χ4v) is 2.32. The number of rotatable bonds is 3. The third kappa shape index (κ3) is 2.92. The molecule has 0 bridgehead atoms. The molecule has 0 saturated heterocycles. The molecule has 1 amide bonds. The number of hydrogen-bond acceptors (Lipinski definition) is 4. The van der Waals surface area contributed by atoms with Crippen LogP contribution in [0.25, 0.3) is 0 Å². The van der Waals surface area contributed by atoms with E-state index in [1.807, 2.05) is 0 Å². The Morgan fingerprint density at radius 1 is 1.40 bits per heavy atom. The smallest absolute Gasteiger partial charge is 0.238 e. The van der Waals surface area contributed by atoms with Crippen molar-refractivity contribution in [1.82, 2.24) is 4.72 Å². The van der Waals surface area contributed by atoms with Crippen LogP contribution in [0.3, 0.4) is 0 Å². The van der Waals surface area contributed by atoms with Crippen LogP contribution in [0.1, 0.15) is 33.1 Å². The van der Waals surface area contributed by atoms with Crippen molar-refractivity contribution < 1.29 is 13.2 Å². The van der Waals surface area contributed by atoms with Crippen LogP contribution in [0.15, 0.2) is 0 Å². The van der Waals surface area contributed by atoms with Gasteiger partial charge in [-0.25, -0.2) is 8.42 Å². The normalized spacial score (nSPS) is 26.9. The van der Waals surface area contributed by atoms with Gasteiger partial charge in [-0.2, -0.15) is 0 Å². The van der Waals surface area contributed by atoms with Crippen LogP contribution in [0.4, 0.5) is 0 Å². The van der Waals surface area contributed by atoms with E-state index >= 15 is 0 Å². The third-order valence-electron chi connectivity index (χ3n) is 2.77. The molecule has 1 saturated carbocycles. The highest BCUT2D eigenvalue weighted by atomic mass is 32.2. The quantitative estimate of drug-likeness (QED) is 0.717. The van der Waals surface area contributed by atoms with Crippen molar-refractivity contribution in [2.24, 2.45) is 11.7 Å². The maximum Gasteiger partial charge on any atom is 0.238 e. The standard InChI is InChI=1S/C9H18N2O3S/c1-6(2)15(13,14)11-9(12)7-4-3-5-8(7)10/h6-8H,3-5,10H2,1-2H3,(H,11,12). The molecule has 1 fully saturated rings. The van der Waals surface area contributed by atoms with E-state index in [0.717, 1.165) is 12.8 Å². The average Bonchev–Trinajstić information content (AvgIpc) is 2.50. The molecule has 1 rings (SSSR count). The summed E-state index contributed by atoms with van der Waals surface area (Å²) in [5.41, 5.74) is 5.72. The van der Waals surface area contributed by atoms with E-state index in [1.165, 1.54) is 13.8 Å². The van der Waals surface area contributed by atoms with Crippen LogP contribution in [-0.2, 0) is 14.8 Å². The van der Waals surface area contributed by atoms with Crippen LogP contribution in [0.2, 0.25) is 0 Å². The van der Waals surface area contributed by atoms with Crippen LogP contribution in [0.5, 0.6) is 0 Å². The summed E-state index contributed by atoms with van der Waals surface area (Å²) in [5.74, 6) is -0.799. The van der Waals surface area contributed by atoms with Gasteiger partial charge in [-0.15, -0.1) is 0 Å². The van der Waals surface area contributed by atoms with E-state index in [2.05, 4.69) is 4.72 Å². The molecule has 0 aromatic heterocycles.